The molecule has 0 amide bonds. The first-order valence-electron chi connectivity index (χ1n) is 5.42. The molecule has 0 aliphatic heterocycles. The second kappa shape index (κ2) is 5.53. The van der Waals surface area contributed by atoms with Gasteiger partial charge >= 0.3 is 0 Å². The quantitative estimate of drug-likeness (QED) is 0.350. The Morgan fingerprint density at radius 3 is 2.73 bits per heavy atom. The summed E-state index contributed by atoms with van der Waals surface area (Å²) in [6.07, 6.45) is 5.04. The summed E-state index contributed by atoms with van der Waals surface area (Å²) in [7, 11) is 0. The zero-order chi connectivity index (χ0) is 11.3. The third kappa shape index (κ3) is 2.81. The summed E-state index contributed by atoms with van der Waals surface area (Å²) >= 11 is 0. The number of rotatable bonds is 5. The van der Waals surface area contributed by atoms with Crippen molar-refractivity contribution >= 4 is 6.21 Å². The van der Waals surface area contributed by atoms with Gasteiger partial charge in [-0.3, -0.25) is 4.68 Å². The highest BCUT2D eigenvalue weighted by atomic mass is 16.4. The fourth-order valence-corrected chi connectivity index (χ4v) is 1.68. The van der Waals surface area contributed by atoms with E-state index in [2.05, 4.69) is 17.2 Å². The number of aromatic nitrogens is 2. The molecule has 4 heteroatoms. The Bertz CT molecular complexity index is 342. The van der Waals surface area contributed by atoms with Crippen LogP contribution in [0.2, 0.25) is 0 Å². The van der Waals surface area contributed by atoms with E-state index < -0.39 is 0 Å². The third-order valence-electron chi connectivity index (χ3n) is 2.60. The molecule has 84 valence electrons. The largest absolute Gasteiger partial charge is 0.411 e. The molecule has 0 bridgehead atoms. The van der Waals surface area contributed by atoms with Crippen LogP contribution >= 0.6 is 0 Å². The van der Waals surface area contributed by atoms with Crippen LogP contribution in [0.4, 0.5) is 0 Å². The van der Waals surface area contributed by atoms with E-state index in [4.69, 9.17) is 5.21 Å². The monoisotopic (exact) mass is 209 g/mol. The van der Waals surface area contributed by atoms with Gasteiger partial charge in [-0.1, -0.05) is 24.9 Å². The van der Waals surface area contributed by atoms with Crippen molar-refractivity contribution in [3.8, 4) is 0 Å². The first-order valence-corrected chi connectivity index (χ1v) is 5.42. The molecule has 4 nitrogen and oxygen atoms in total. The average Bonchev–Trinajstić information content (AvgIpc) is 2.47. The van der Waals surface area contributed by atoms with Crippen molar-refractivity contribution in [1.29, 1.82) is 0 Å². The molecule has 0 aliphatic rings. The third-order valence-corrected chi connectivity index (χ3v) is 2.60. The maximum Gasteiger partial charge on any atom is 0.0770 e. The number of hydrogen-bond acceptors (Lipinski definition) is 3. The summed E-state index contributed by atoms with van der Waals surface area (Å²) in [4.78, 5) is 0. The smallest absolute Gasteiger partial charge is 0.0770 e. The summed E-state index contributed by atoms with van der Waals surface area (Å²) in [5.41, 5.74) is 2.91. The van der Waals surface area contributed by atoms with E-state index >= 15 is 0 Å². The second-order valence-corrected chi connectivity index (χ2v) is 3.76. The van der Waals surface area contributed by atoms with Crippen molar-refractivity contribution in [3.63, 3.8) is 0 Å². The van der Waals surface area contributed by atoms with E-state index in [0.717, 1.165) is 29.9 Å². The zero-order valence-electron chi connectivity index (χ0n) is 9.69. The van der Waals surface area contributed by atoms with Crippen LogP contribution in [0.5, 0.6) is 0 Å². The maximum absolute atomic E-state index is 8.52. The van der Waals surface area contributed by atoms with Crippen molar-refractivity contribution in [2.45, 2.75) is 46.6 Å². The highest BCUT2D eigenvalue weighted by Gasteiger charge is 2.08. The summed E-state index contributed by atoms with van der Waals surface area (Å²) < 4.78 is 1.99. The molecule has 15 heavy (non-hydrogen) atoms. The molecule has 1 heterocycles. The molecule has 0 radical (unpaired) electrons. The fourth-order valence-electron chi connectivity index (χ4n) is 1.68. The molecule has 1 aromatic rings. The SMILES string of the molecule is CCCCCn1nc(C)c(/C=N/O)c1C. The Labute approximate surface area is 90.6 Å². The second-order valence-electron chi connectivity index (χ2n) is 3.76. The number of aryl methyl sites for hydroxylation is 2. The van der Waals surface area contributed by atoms with Gasteiger partial charge in [-0.15, -0.1) is 0 Å². The van der Waals surface area contributed by atoms with Gasteiger partial charge in [0, 0.05) is 17.8 Å². The van der Waals surface area contributed by atoms with Crippen molar-refractivity contribution in [3.05, 3.63) is 17.0 Å². The lowest BCUT2D eigenvalue weighted by Gasteiger charge is -2.03. The lowest BCUT2D eigenvalue weighted by atomic mass is 10.2. The van der Waals surface area contributed by atoms with E-state index in [1.54, 1.807) is 0 Å². The number of unbranched alkanes of at least 4 members (excludes halogenated alkanes) is 2. The average molecular weight is 209 g/mol. The first-order chi connectivity index (χ1) is 7.20. The normalized spacial score (nSPS) is 11.4. The van der Waals surface area contributed by atoms with Crippen LogP contribution in [-0.2, 0) is 6.54 Å². The van der Waals surface area contributed by atoms with Crippen LogP contribution in [-0.4, -0.2) is 21.2 Å². The molecule has 0 saturated carbocycles. The van der Waals surface area contributed by atoms with E-state index in [1.807, 2.05) is 18.5 Å². The predicted molar refractivity (Wildman–Crippen MR) is 60.6 cm³/mol. The van der Waals surface area contributed by atoms with Gasteiger partial charge < -0.3 is 5.21 Å². The first kappa shape index (κ1) is 11.8. The van der Waals surface area contributed by atoms with Crippen LogP contribution < -0.4 is 0 Å². The maximum atomic E-state index is 8.52. The number of hydrogen-bond donors (Lipinski definition) is 1. The Morgan fingerprint density at radius 1 is 1.40 bits per heavy atom. The molecule has 0 saturated heterocycles. The lowest BCUT2D eigenvalue weighted by Crippen LogP contribution is -2.02. The fraction of sp³-hybridized carbons (Fsp3) is 0.636. The van der Waals surface area contributed by atoms with Crippen molar-refractivity contribution < 1.29 is 5.21 Å². The Balaban J connectivity index is 2.77. The van der Waals surface area contributed by atoms with Crippen LogP contribution in [0.3, 0.4) is 0 Å². The van der Waals surface area contributed by atoms with E-state index in [-0.39, 0.29) is 0 Å². The Morgan fingerprint density at radius 2 is 2.13 bits per heavy atom. The molecular weight excluding hydrogens is 190 g/mol. The predicted octanol–water partition coefficient (Wildman–Crippen LogP) is 2.50. The van der Waals surface area contributed by atoms with E-state index in [9.17, 15) is 0 Å². The lowest BCUT2D eigenvalue weighted by molar-refractivity contribution is 0.322. The van der Waals surface area contributed by atoms with Crippen molar-refractivity contribution in [2.24, 2.45) is 5.16 Å². The van der Waals surface area contributed by atoms with Gasteiger partial charge in [0.2, 0.25) is 0 Å². The summed E-state index contributed by atoms with van der Waals surface area (Å²) in [5, 5.41) is 16.0. The molecule has 0 atom stereocenters. The zero-order valence-corrected chi connectivity index (χ0v) is 9.69. The van der Waals surface area contributed by atoms with Gasteiger partial charge in [0.05, 0.1) is 11.9 Å². The summed E-state index contributed by atoms with van der Waals surface area (Å²) in [6.45, 7) is 7.06. The van der Waals surface area contributed by atoms with Crippen LogP contribution in [0.15, 0.2) is 5.16 Å². The molecule has 0 fully saturated rings. The summed E-state index contributed by atoms with van der Waals surface area (Å²) in [6, 6.07) is 0. The molecule has 0 aromatic carbocycles. The number of nitrogens with zero attached hydrogens (tertiary/aromatic N) is 3. The van der Waals surface area contributed by atoms with Gasteiger partial charge in [0.15, 0.2) is 0 Å². The van der Waals surface area contributed by atoms with Gasteiger partial charge in [-0.05, 0) is 20.3 Å². The molecule has 0 aliphatic carbocycles. The minimum Gasteiger partial charge on any atom is -0.411 e. The minimum atomic E-state index is 0.918. The van der Waals surface area contributed by atoms with Gasteiger partial charge in [0.25, 0.3) is 0 Å². The summed E-state index contributed by atoms with van der Waals surface area (Å²) in [5.74, 6) is 0. The standard InChI is InChI=1S/C11H19N3O/c1-4-5-6-7-14-10(3)11(8-12-15)9(2)13-14/h8,15H,4-7H2,1-3H3/b12-8+. The highest BCUT2D eigenvalue weighted by Crippen LogP contribution is 2.11. The molecule has 1 N–H and O–H groups in total. The Kier molecular flexibility index (Phi) is 4.34. The number of oxime groups is 1. The van der Waals surface area contributed by atoms with Gasteiger partial charge in [0.1, 0.15) is 0 Å². The van der Waals surface area contributed by atoms with Crippen molar-refractivity contribution in [2.75, 3.05) is 0 Å². The van der Waals surface area contributed by atoms with Gasteiger partial charge in [-0.2, -0.15) is 5.10 Å². The van der Waals surface area contributed by atoms with Crippen LogP contribution in [0.1, 0.15) is 43.1 Å². The van der Waals surface area contributed by atoms with Crippen molar-refractivity contribution in [1.82, 2.24) is 9.78 Å². The molecule has 1 rings (SSSR count). The Hall–Kier alpha value is -1.32. The molecule has 1 aromatic heterocycles. The van der Waals surface area contributed by atoms with E-state index in [1.165, 1.54) is 19.1 Å². The topological polar surface area (TPSA) is 50.4 Å². The van der Waals surface area contributed by atoms with Gasteiger partial charge in [-0.25, -0.2) is 0 Å². The highest BCUT2D eigenvalue weighted by molar-refractivity contribution is 5.82. The molecule has 0 unspecified atom stereocenters. The van der Waals surface area contributed by atoms with Crippen LogP contribution in [0, 0.1) is 13.8 Å². The van der Waals surface area contributed by atoms with Crippen LogP contribution in [0.25, 0.3) is 0 Å². The molecule has 0 spiro atoms. The van der Waals surface area contributed by atoms with E-state index in [0.29, 0.717) is 0 Å². The molecular formula is C11H19N3O. The minimum absolute atomic E-state index is 0.918.